The molecular weight excluding hydrogens is 490 g/mol. The zero-order valence-corrected chi connectivity index (χ0v) is 22.7. The lowest BCUT2D eigenvalue weighted by atomic mass is 9.96. The number of nitrogens with one attached hydrogen (secondary N) is 1. The molecule has 0 bridgehead atoms. The van der Waals surface area contributed by atoms with Crippen molar-refractivity contribution in [2.24, 2.45) is 0 Å². The van der Waals surface area contributed by atoms with E-state index >= 15 is 0 Å². The second-order valence-electron chi connectivity index (χ2n) is 10.0. The summed E-state index contributed by atoms with van der Waals surface area (Å²) in [6, 6.07) is 27.7. The number of anilines is 2. The number of hydrogen-bond acceptors (Lipinski definition) is 4. The van der Waals surface area contributed by atoms with Crippen LogP contribution < -0.4 is 15.1 Å². The van der Waals surface area contributed by atoms with Crippen LogP contribution in [0.25, 0.3) is 0 Å². The molecule has 7 heteroatoms. The van der Waals surface area contributed by atoms with Crippen molar-refractivity contribution in [3.63, 3.8) is 0 Å². The molecule has 0 amide bonds. The average Bonchev–Trinajstić information content (AvgIpc) is 3.45. The number of rotatable bonds is 6. The summed E-state index contributed by atoms with van der Waals surface area (Å²) < 4.78 is 7.94. The molecule has 0 radical (unpaired) electrons. The fourth-order valence-corrected chi connectivity index (χ4v) is 6.08. The molecule has 2 fully saturated rings. The van der Waals surface area contributed by atoms with Gasteiger partial charge in [0.15, 0.2) is 5.11 Å². The zero-order valence-electron chi connectivity index (χ0n) is 21.9. The van der Waals surface area contributed by atoms with Crippen molar-refractivity contribution in [2.75, 3.05) is 36.1 Å². The van der Waals surface area contributed by atoms with Crippen molar-refractivity contribution in [1.82, 2.24) is 14.9 Å². The lowest BCUT2D eigenvalue weighted by molar-refractivity contribution is 0.122. The van der Waals surface area contributed by atoms with Crippen LogP contribution in [0, 0.1) is 13.8 Å². The first kappa shape index (κ1) is 24.6. The number of thiocarbonyl (C=S) groups is 1. The summed E-state index contributed by atoms with van der Waals surface area (Å²) in [5.74, 6) is 0. The van der Waals surface area contributed by atoms with E-state index in [1.54, 1.807) is 0 Å². The van der Waals surface area contributed by atoms with Crippen molar-refractivity contribution < 1.29 is 4.74 Å². The van der Waals surface area contributed by atoms with Gasteiger partial charge in [-0.1, -0.05) is 36.4 Å². The Hall–Kier alpha value is -3.68. The Morgan fingerprint density at radius 1 is 0.921 bits per heavy atom. The van der Waals surface area contributed by atoms with Crippen LogP contribution in [0.3, 0.4) is 0 Å². The van der Waals surface area contributed by atoms with E-state index in [1.165, 1.54) is 28.2 Å². The maximum Gasteiger partial charge on any atom is 0.174 e. The maximum absolute atomic E-state index is 5.98. The topological polar surface area (TPSA) is 45.6 Å². The Bertz CT molecular complexity index is 1400. The minimum atomic E-state index is -0.0618. The molecule has 2 aromatic carbocycles. The van der Waals surface area contributed by atoms with Crippen molar-refractivity contribution >= 4 is 28.7 Å². The van der Waals surface area contributed by atoms with Crippen LogP contribution in [0.15, 0.2) is 85.1 Å². The molecule has 0 aliphatic carbocycles. The Kier molecular flexibility index (Phi) is 6.87. The summed E-state index contributed by atoms with van der Waals surface area (Å²) >= 11 is 5.98. The van der Waals surface area contributed by atoms with Crippen molar-refractivity contribution in [1.29, 1.82) is 0 Å². The highest BCUT2D eigenvalue weighted by Gasteiger charge is 2.42. The number of morpholine rings is 1. The van der Waals surface area contributed by atoms with Crippen LogP contribution in [0.5, 0.6) is 0 Å². The fraction of sp³-hybridized carbons (Fsp3) is 0.290. The van der Waals surface area contributed by atoms with E-state index in [1.807, 2.05) is 18.3 Å². The molecule has 0 spiro atoms. The van der Waals surface area contributed by atoms with E-state index in [9.17, 15) is 0 Å². The maximum atomic E-state index is 5.98. The molecule has 2 aliphatic rings. The predicted octanol–water partition coefficient (Wildman–Crippen LogP) is 5.56. The number of nitrogens with zero attached hydrogens (tertiary/aromatic N) is 4. The van der Waals surface area contributed by atoms with Crippen molar-refractivity contribution in [3.8, 4) is 0 Å². The zero-order chi connectivity index (χ0) is 26.1. The first-order chi connectivity index (χ1) is 18.6. The molecule has 2 aromatic heterocycles. The summed E-state index contributed by atoms with van der Waals surface area (Å²) in [5, 5.41) is 4.33. The normalized spacial score (nSPS) is 19.6. The number of benzene rings is 2. The second-order valence-corrected chi connectivity index (χ2v) is 10.4. The quantitative estimate of drug-likeness (QED) is 0.334. The number of ether oxygens (including phenoxy) is 1. The third-order valence-electron chi connectivity index (χ3n) is 7.72. The summed E-state index contributed by atoms with van der Waals surface area (Å²) in [4.78, 5) is 9.37. The van der Waals surface area contributed by atoms with Gasteiger partial charge in [0.2, 0.25) is 0 Å². The average molecular weight is 524 g/mol. The van der Waals surface area contributed by atoms with Gasteiger partial charge in [0, 0.05) is 48.6 Å². The van der Waals surface area contributed by atoms with Gasteiger partial charge in [-0.15, -0.1) is 0 Å². The van der Waals surface area contributed by atoms with E-state index in [0.717, 1.165) is 49.3 Å². The lowest BCUT2D eigenvalue weighted by Crippen LogP contribution is -2.36. The van der Waals surface area contributed by atoms with Gasteiger partial charge in [0.05, 0.1) is 31.0 Å². The summed E-state index contributed by atoms with van der Waals surface area (Å²) in [6.07, 6.45) is 1.86. The summed E-state index contributed by atoms with van der Waals surface area (Å²) in [7, 11) is 0. The summed E-state index contributed by atoms with van der Waals surface area (Å²) in [5.41, 5.74) is 8.32. The van der Waals surface area contributed by atoms with Gasteiger partial charge < -0.3 is 24.4 Å². The minimum Gasteiger partial charge on any atom is -0.378 e. The van der Waals surface area contributed by atoms with E-state index in [-0.39, 0.29) is 12.1 Å². The molecular formula is C31H33N5OS. The lowest BCUT2D eigenvalue weighted by Gasteiger charge is -2.31. The monoisotopic (exact) mass is 523 g/mol. The van der Waals surface area contributed by atoms with Gasteiger partial charge in [-0.05, 0) is 79.7 Å². The highest BCUT2D eigenvalue weighted by atomic mass is 32.1. The SMILES string of the molecule is Cc1cc([C@@H]2[C@@H](c3ccccn3)NC(=S)N2c2ccc(N3CCOCC3)cc2)c(C)n1Cc1ccccc1. The predicted molar refractivity (Wildman–Crippen MR) is 157 cm³/mol. The minimum absolute atomic E-state index is 0.0256. The van der Waals surface area contributed by atoms with Gasteiger partial charge >= 0.3 is 0 Å². The largest absolute Gasteiger partial charge is 0.378 e. The Morgan fingerprint density at radius 3 is 2.34 bits per heavy atom. The van der Waals surface area contributed by atoms with Gasteiger partial charge in [0.1, 0.15) is 0 Å². The molecule has 4 heterocycles. The first-order valence-electron chi connectivity index (χ1n) is 13.2. The van der Waals surface area contributed by atoms with E-state index < -0.39 is 0 Å². The Labute approximate surface area is 229 Å². The molecule has 0 saturated carbocycles. The third-order valence-corrected chi connectivity index (χ3v) is 8.03. The number of hydrogen-bond donors (Lipinski definition) is 1. The van der Waals surface area contributed by atoms with E-state index in [0.29, 0.717) is 0 Å². The molecule has 2 atom stereocenters. The Morgan fingerprint density at radius 2 is 1.63 bits per heavy atom. The molecule has 38 heavy (non-hydrogen) atoms. The van der Waals surface area contributed by atoms with Gasteiger partial charge in [-0.25, -0.2) is 0 Å². The van der Waals surface area contributed by atoms with Crippen LogP contribution in [0.1, 0.15) is 40.3 Å². The Balaban J connectivity index is 1.39. The van der Waals surface area contributed by atoms with Crippen molar-refractivity contribution in [3.05, 3.63) is 113 Å². The molecule has 194 valence electrons. The van der Waals surface area contributed by atoms with Crippen LogP contribution in [0.2, 0.25) is 0 Å². The third kappa shape index (κ3) is 4.68. The molecule has 2 aliphatic heterocycles. The molecule has 2 saturated heterocycles. The van der Waals surface area contributed by atoms with Crippen LogP contribution in [0.4, 0.5) is 11.4 Å². The molecule has 0 unspecified atom stereocenters. The number of aryl methyl sites for hydroxylation is 1. The number of pyridine rings is 1. The molecule has 1 N–H and O–H groups in total. The molecule has 6 nitrogen and oxygen atoms in total. The molecule has 4 aromatic rings. The molecule has 6 rings (SSSR count). The van der Waals surface area contributed by atoms with Crippen LogP contribution in [-0.2, 0) is 11.3 Å². The highest BCUT2D eigenvalue weighted by Crippen LogP contribution is 2.43. The van der Waals surface area contributed by atoms with Crippen molar-refractivity contribution in [2.45, 2.75) is 32.5 Å². The highest BCUT2D eigenvalue weighted by molar-refractivity contribution is 7.80. The summed E-state index contributed by atoms with van der Waals surface area (Å²) in [6.45, 7) is 8.63. The standard InChI is InChI=1S/C31H33N5OS/c1-22-20-27(23(2)35(22)21-24-8-4-3-5-9-24)30-29(28-10-6-7-15-32-28)33-31(38)36(30)26-13-11-25(12-14-26)34-16-18-37-19-17-34/h3-15,20,29-30H,16-19,21H2,1-2H3,(H,33,38)/t29-,30-/m1/s1. The smallest absolute Gasteiger partial charge is 0.174 e. The van der Waals surface area contributed by atoms with Crippen LogP contribution in [-0.4, -0.2) is 41.0 Å². The second kappa shape index (κ2) is 10.6. The van der Waals surface area contributed by atoms with Gasteiger partial charge in [-0.3, -0.25) is 4.98 Å². The van der Waals surface area contributed by atoms with Gasteiger partial charge in [0.25, 0.3) is 0 Å². The van der Waals surface area contributed by atoms with E-state index in [4.69, 9.17) is 21.9 Å². The van der Waals surface area contributed by atoms with Crippen LogP contribution >= 0.6 is 12.2 Å². The first-order valence-corrected chi connectivity index (χ1v) is 13.6. The number of aromatic nitrogens is 2. The van der Waals surface area contributed by atoms with E-state index in [2.05, 4.69) is 100 Å². The van der Waals surface area contributed by atoms with Gasteiger partial charge in [-0.2, -0.15) is 0 Å². The fourth-order valence-electron chi connectivity index (χ4n) is 5.73.